The number of ketones is 1. The van der Waals surface area contributed by atoms with Gasteiger partial charge in [-0.25, -0.2) is 4.39 Å². The molecule has 1 aliphatic heterocycles. The quantitative estimate of drug-likeness (QED) is 0.435. The van der Waals surface area contributed by atoms with E-state index in [-0.39, 0.29) is 17.6 Å². The molecular formula is C26H25FN2O. The summed E-state index contributed by atoms with van der Waals surface area (Å²) in [4.78, 5) is 13.6. The fraction of sp³-hybridized carbons (Fsp3) is 0.269. The molecule has 152 valence electrons. The van der Waals surface area contributed by atoms with Crippen molar-refractivity contribution in [3.05, 3.63) is 83.8 Å². The summed E-state index contributed by atoms with van der Waals surface area (Å²) in [7, 11) is 0. The van der Waals surface area contributed by atoms with Gasteiger partial charge < -0.3 is 9.88 Å². The zero-order valence-electron chi connectivity index (χ0n) is 17.1. The highest BCUT2D eigenvalue weighted by Gasteiger charge is 2.25. The van der Waals surface area contributed by atoms with Crippen molar-refractivity contribution in [3.63, 3.8) is 0 Å². The number of nitrogens with zero attached hydrogens (tertiary/aromatic N) is 1. The Labute approximate surface area is 175 Å². The third-order valence-electron chi connectivity index (χ3n) is 6.47. The number of nitrogens with one attached hydrogen (secondary N) is 1. The van der Waals surface area contributed by atoms with Crippen LogP contribution in [0, 0.1) is 5.82 Å². The summed E-state index contributed by atoms with van der Waals surface area (Å²) in [6, 6.07) is 18.9. The van der Waals surface area contributed by atoms with E-state index in [1.807, 2.05) is 36.5 Å². The van der Waals surface area contributed by atoms with Gasteiger partial charge in [0.25, 0.3) is 0 Å². The normalized spacial score (nSPS) is 18.0. The van der Waals surface area contributed by atoms with Crippen LogP contribution in [0.3, 0.4) is 0 Å². The van der Waals surface area contributed by atoms with Gasteiger partial charge in [-0.15, -0.1) is 0 Å². The Kier molecular flexibility index (Phi) is 4.87. The van der Waals surface area contributed by atoms with Gasteiger partial charge in [-0.1, -0.05) is 48.9 Å². The van der Waals surface area contributed by atoms with Crippen molar-refractivity contribution in [3.8, 4) is 0 Å². The number of piperidine rings is 1. The van der Waals surface area contributed by atoms with E-state index in [4.69, 9.17) is 0 Å². The lowest BCUT2D eigenvalue weighted by Crippen LogP contribution is -2.39. The van der Waals surface area contributed by atoms with Crippen LogP contribution in [0.25, 0.3) is 21.7 Å². The van der Waals surface area contributed by atoms with E-state index in [0.29, 0.717) is 27.9 Å². The fourth-order valence-corrected chi connectivity index (χ4v) is 4.81. The first-order valence-corrected chi connectivity index (χ1v) is 10.7. The van der Waals surface area contributed by atoms with E-state index < -0.39 is 0 Å². The standard InChI is InChI=1S/C26H25FN2O/c1-17(24-11-6-7-15-28-24)29-16-22(20-10-4-5-12-25(20)29)26(30)21-13-14-23(27)19-9-3-2-8-18(19)21/h2-5,8-10,12-14,16-17,24,28H,6-7,11,15H2,1H3. The van der Waals surface area contributed by atoms with Crippen molar-refractivity contribution < 1.29 is 9.18 Å². The Bertz CT molecular complexity index is 1240. The number of fused-ring (bicyclic) bond motifs is 2. The number of para-hydroxylation sites is 1. The first kappa shape index (κ1) is 19.0. The number of rotatable bonds is 4. The molecule has 0 bridgehead atoms. The van der Waals surface area contributed by atoms with Crippen LogP contribution in [-0.2, 0) is 0 Å². The highest BCUT2D eigenvalue weighted by Crippen LogP contribution is 2.31. The molecule has 1 N–H and O–H groups in total. The Balaban J connectivity index is 1.63. The average Bonchev–Trinajstić information content (AvgIpc) is 3.19. The van der Waals surface area contributed by atoms with Crippen molar-refractivity contribution in [1.29, 1.82) is 0 Å². The molecule has 3 aromatic carbocycles. The fourth-order valence-electron chi connectivity index (χ4n) is 4.81. The first-order chi connectivity index (χ1) is 14.6. The van der Waals surface area contributed by atoms with Gasteiger partial charge in [0, 0.05) is 45.7 Å². The molecule has 2 atom stereocenters. The smallest absolute Gasteiger partial charge is 0.195 e. The molecular weight excluding hydrogens is 375 g/mol. The van der Waals surface area contributed by atoms with Gasteiger partial charge in [-0.05, 0) is 49.9 Å². The number of hydrogen-bond donors (Lipinski definition) is 1. The topological polar surface area (TPSA) is 34.0 Å². The molecule has 0 saturated carbocycles. The van der Waals surface area contributed by atoms with Gasteiger partial charge >= 0.3 is 0 Å². The molecule has 30 heavy (non-hydrogen) atoms. The number of benzene rings is 3. The third-order valence-corrected chi connectivity index (χ3v) is 6.47. The Morgan fingerprint density at radius 3 is 2.47 bits per heavy atom. The molecule has 1 fully saturated rings. The SMILES string of the molecule is CC(C1CCCCN1)n1cc(C(=O)c2ccc(F)c3ccccc23)c2ccccc21. The molecule has 4 aromatic rings. The zero-order chi connectivity index (χ0) is 20.7. The number of aromatic nitrogens is 1. The maximum absolute atomic E-state index is 14.3. The van der Waals surface area contributed by atoms with Crippen molar-refractivity contribution in [2.75, 3.05) is 6.54 Å². The number of carbonyl (C=O) groups excluding carboxylic acids is 1. The maximum atomic E-state index is 14.3. The molecule has 0 radical (unpaired) electrons. The van der Waals surface area contributed by atoms with Gasteiger partial charge in [0.1, 0.15) is 5.82 Å². The zero-order valence-corrected chi connectivity index (χ0v) is 17.1. The molecule has 1 aromatic heterocycles. The van der Waals surface area contributed by atoms with Crippen LogP contribution in [0.1, 0.15) is 48.1 Å². The molecule has 5 rings (SSSR count). The molecule has 2 heterocycles. The minimum Gasteiger partial charge on any atom is -0.342 e. The van der Waals surface area contributed by atoms with Gasteiger partial charge in [0.2, 0.25) is 0 Å². The van der Waals surface area contributed by atoms with Crippen LogP contribution in [0.15, 0.2) is 66.9 Å². The second-order valence-corrected chi connectivity index (χ2v) is 8.23. The summed E-state index contributed by atoms with van der Waals surface area (Å²) in [6.07, 6.45) is 5.58. The van der Waals surface area contributed by atoms with Crippen molar-refractivity contribution in [2.24, 2.45) is 0 Å². The minimum atomic E-state index is -0.304. The van der Waals surface area contributed by atoms with Crippen molar-refractivity contribution in [2.45, 2.75) is 38.3 Å². The van der Waals surface area contributed by atoms with Crippen LogP contribution in [-0.4, -0.2) is 22.9 Å². The van der Waals surface area contributed by atoms with Crippen molar-refractivity contribution >= 4 is 27.5 Å². The minimum absolute atomic E-state index is 0.0649. The molecule has 4 heteroatoms. The van der Waals surface area contributed by atoms with E-state index >= 15 is 0 Å². The molecule has 0 spiro atoms. The molecule has 1 aliphatic rings. The van der Waals surface area contributed by atoms with Crippen LogP contribution in [0.2, 0.25) is 0 Å². The third kappa shape index (κ3) is 3.12. The van der Waals surface area contributed by atoms with E-state index in [0.717, 1.165) is 23.9 Å². The largest absolute Gasteiger partial charge is 0.342 e. The van der Waals surface area contributed by atoms with E-state index in [9.17, 15) is 9.18 Å². The lowest BCUT2D eigenvalue weighted by Gasteiger charge is -2.30. The maximum Gasteiger partial charge on any atom is 0.195 e. The Morgan fingerprint density at radius 1 is 0.967 bits per heavy atom. The number of hydrogen-bond acceptors (Lipinski definition) is 2. The first-order valence-electron chi connectivity index (χ1n) is 10.7. The summed E-state index contributed by atoms with van der Waals surface area (Å²) in [5.74, 6) is -0.369. The van der Waals surface area contributed by atoms with E-state index in [1.165, 1.54) is 18.9 Å². The van der Waals surface area contributed by atoms with E-state index in [1.54, 1.807) is 18.2 Å². The average molecular weight is 400 g/mol. The van der Waals surface area contributed by atoms with Gasteiger partial charge in [0.15, 0.2) is 5.78 Å². The van der Waals surface area contributed by atoms with Gasteiger partial charge in [-0.2, -0.15) is 0 Å². The summed E-state index contributed by atoms with van der Waals surface area (Å²) in [6.45, 7) is 3.26. The van der Waals surface area contributed by atoms with Crippen LogP contribution < -0.4 is 5.32 Å². The molecule has 0 aliphatic carbocycles. The van der Waals surface area contributed by atoms with Crippen LogP contribution >= 0.6 is 0 Å². The van der Waals surface area contributed by atoms with Crippen molar-refractivity contribution in [1.82, 2.24) is 9.88 Å². The lowest BCUT2D eigenvalue weighted by atomic mass is 9.97. The second kappa shape index (κ2) is 7.69. The predicted molar refractivity (Wildman–Crippen MR) is 120 cm³/mol. The van der Waals surface area contributed by atoms with Crippen LogP contribution in [0.4, 0.5) is 4.39 Å². The molecule has 2 unspecified atom stereocenters. The van der Waals surface area contributed by atoms with E-state index in [2.05, 4.69) is 22.9 Å². The number of carbonyl (C=O) groups is 1. The highest BCUT2D eigenvalue weighted by atomic mass is 19.1. The highest BCUT2D eigenvalue weighted by molar-refractivity contribution is 6.21. The molecule has 0 amide bonds. The van der Waals surface area contributed by atoms with Gasteiger partial charge in [0.05, 0.1) is 0 Å². The summed E-state index contributed by atoms with van der Waals surface area (Å²) >= 11 is 0. The molecule has 3 nitrogen and oxygen atoms in total. The molecule has 1 saturated heterocycles. The summed E-state index contributed by atoms with van der Waals surface area (Å²) in [5, 5.41) is 5.71. The monoisotopic (exact) mass is 400 g/mol. The summed E-state index contributed by atoms with van der Waals surface area (Å²) in [5.41, 5.74) is 2.27. The summed E-state index contributed by atoms with van der Waals surface area (Å²) < 4.78 is 16.5. The Hall–Kier alpha value is -2.98. The predicted octanol–water partition coefficient (Wildman–Crippen LogP) is 5.87. The van der Waals surface area contributed by atoms with Gasteiger partial charge in [-0.3, -0.25) is 4.79 Å². The lowest BCUT2D eigenvalue weighted by molar-refractivity contribution is 0.104. The second-order valence-electron chi connectivity index (χ2n) is 8.23. The van der Waals surface area contributed by atoms with Crippen LogP contribution in [0.5, 0.6) is 0 Å². The number of halogens is 1. The Morgan fingerprint density at radius 2 is 1.70 bits per heavy atom.